The largest absolute Gasteiger partial charge is 0.478 e. The minimum atomic E-state index is -0.544. The van der Waals surface area contributed by atoms with Gasteiger partial charge in [0.1, 0.15) is 11.8 Å². The monoisotopic (exact) mass is 313 g/mol. The fourth-order valence-electron chi connectivity index (χ4n) is 2.29. The summed E-state index contributed by atoms with van der Waals surface area (Å²) in [4.78, 5) is 12.3. The molecular weight excluding hydrogens is 290 g/mol. The number of hydrazone groups is 1. The van der Waals surface area contributed by atoms with E-state index in [1.807, 2.05) is 56.3 Å². The van der Waals surface area contributed by atoms with Crippen LogP contribution in [0.15, 0.2) is 59.5 Å². The Morgan fingerprint density at radius 1 is 1.30 bits per heavy atom. The highest BCUT2D eigenvalue weighted by Crippen LogP contribution is 2.26. The molecule has 0 aliphatic carbocycles. The normalized spacial score (nSPS) is 17.8. The van der Waals surface area contributed by atoms with Crippen LogP contribution in [0, 0.1) is 5.92 Å². The number of carbonyl (C=O) groups excluding carboxylic acids is 1. The van der Waals surface area contributed by atoms with Crippen LogP contribution in [0.1, 0.15) is 26.7 Å². The lowest BCUT2D eigenvalue weighted by Gasteiger charge is -2.28. The van der Waals surface area contributed by atoms with Gasteiger partial charge in [-0.3, -0.25) is 4.79 Å². The van der Waals surface area contributed by atoms with Gasteiger partial charge in [0.15, 0.2) is 5.78 Å². The zero-order valence-corrected chi connectivity index (χ0v) is 13.6. The first-order valence-corrected chi connectivity index (χ1v) is 7.88. The molecule has 1 atom stereocenters. The number of para-hydroxylation sites is 1. The van der Waals surface area contributed by atoms with Crippen molar-refractivity contribution in [3.05, 3.63) is 54.4 Å². The predicted molar refractivity (Wildman–Crippen MR) is 92.8 cm³/mol. The highest BCUT2D eigenvalue weighted by atomic mass is 16.5. The molecule has 1 unspecified atom stereocenters. The van der Waals surface area contributed by atoms with Crippen molar-refractivity contribution in [3.8, 4) is 0 Å². The van der Waals surface area contributed by atoms with Crippen LogP contribution in [0.3, 0.4) is 0 Å². The van der Waals surface area contributed by atoms with Crippen LogP contribution in [-0.2, 0) is 9.53 Å². The molecule has 1 aromatic carbocycles. The molecule has 0 amide bonds. The van der Waals surface area contributed by atoms with Crippen molar-refractivity contribution in [2.75, 3.05) is 11.6 Å². The second-order valence-corrected chi connectivity index (χ2v) is 5.14. The summed E-state index contributed by atoms with van der Waals surface area (Å²) in [7, 11) is 0. The average molecular weight is 313 g/mol. The molecule has 2 N–H and O–H groups in total. The van der Waals surface area contributed by atoms with Gasteiger partial charge in [-0.1, -0.05) is 37.3 Å². The summed E-state index contributed by atoms with van der Waals surface area (Å²) >= 11 is 0. The maximum Gasteiger partial charge on any atom is 0.212 e. The van der Waals surface area contributed by atoms with Crippen LogP contribution in [0.5, 0.6) is 0 Å². The smallest absolute Gasteiger partial charge is 0.212 e. The molecule has 0 radical (unpaired) electrons. The van der Waals surface area contributed by atoms with Crippen LogP contribution >= 0.6 is 0 Å². The standard InChI is InChI=1S/C18H23N3O2/c1-3-5-7-12-16(22)15-13-17(23-4-2)21(20-18(15)19)14-10-8-6-9-11-14/h5-11,13,15H,3-4,12H2,1-2H3,(H2,19,20)/b7-5+. The molecule has 1 aromatic rings. The van der Waals surface area contributed by atoms with Crippen LogP contribution < -0.4 is 10.7 Å². The van der Waals surface area contributed by atoms with Crippen molar-refractivity contribution in [1.29, 1.82) is 0 Å². The van der Waals surface area contributed by atoms with Gasteiger partial charge in [-0.05, 0) is 31.6 Å². The molecule has 0 aromatic heterocycles. The second kappa shape index (κ2) is 8.17. The summed E-state index contributed by atoms with van der Waals surface area (Å²) in [5.74, 6) is 0.289. The van der Waals surface area contributed by atoms with Gasteiger partial charge in [-0.25, -0.2) is 0 Å². The minimum absolute atomic E-state index is 0.0147. The SMILES string of the molecule is CC/C=C/CC(=O)C1C=C(OCC)N(c2ccccc2)N=C1N. The third kappa shape index (κ3) is 4.22. The second-order valence-electron chi connectivity index (χ2n) is 5.14. The van der Waals surface area contributed by atoms with E-state index < -0.39 is 5.92 Å². The van der Waals surface area contributed by atoms with Crippen LogP contribution in [0.2, 0.25) is 0 Å². The van der Waals surface area contributed by atoms with Gasteiger partial charge in [-0.15, -0.1) is 0 Å². The Bertz CT molecular complexity index is 620. The summed E-state index contributed by atoms with van der Waals surface area (Å²) in [5, 5.41) is 6.00. The Balaban J connectivity index is 2.25. The van der Waals surface area contributed by atoms with Gasteiger partial charge >= 0.3 is 0 Å². The molecule has 5 nitrogen and oxygen atoms in total. The van der Waals surface area contributed by atoms with E-state index in [0.29, 0.717) is 18.9 Å². The molecule has 23 heavy (non-hydrogen) atoms. The first kappa shape index (κ1) is 16.8. The van der Waals surface area contributed by atoms with E-state index in [1.54, 1.807) is 11.1 Å². The zero-order chi connectivity index (χ0) is 16.7. The van der Waals surface area contributed by atoms with Gasteiger partial charge in [0.25, 0.3) is 0 Å². The van der Waals surface area contributed by atoms with Gasteiger partial charge in [0.05, 0.1) is 12.3 Å². The number of anilines is 1. The van der Waals surface area contributed by atoms with Crippen LogP contribution in [-0.4, -0.2) is 18.2 Å². The average Bonchev–Trinajstić information content (AvgIpc) is 2.57. The van der Waals surface area contributed by atoms with Crippen LogP contribution in [0.25, 0.3) is 0 Å². The van der Waals surface area contributed by atoms with Crippen molar-refractivity contribution >= 4 is 17.3 Å². The Labute approximate surface area is 137 Å². The van der Waals surface area contributed by atoms with E-state index >= 15 is 0 Å². The number of rotatable bonds is 7. The molecule has 0 bridgehead atoms. The molecule has 122 valence electrons. The van der Waals surface area contributed by atoms with Crippen molar-refractivity contribution in [2.24, 2.45) is 16.8 Å². The molecular formula is C18H23N3O2. The molecule has 2 rings (SSSR count). The summed E-state index contributed by atoms with van der Waals surface area (Å²) < 4.78 is 5.66. The Morgan fingerprint density at radius 2 is 2.04 bits per heavy atom. The number of hydrogen-bond acceptors (Lipinski definition) is 5. The fourth-order valence-corrected chi connectivity index (χ4v) is 2.29. The lowest BCUT2D eigenvalue weighted by molar-refractivity contribution is -0.119. The number of ketones is 1. The number of Topliss-reactive ketones (excluding diaryl/α,β-unsaturated/α-hetero) is 1. The quantitative estimate of drug-likeness (QED) is 0.785. The summed E-state index contributed by atoms with van der Waals surface area (Å²) in [6, 6.07) is 9.58. The number of ether oxygens (including phenoxy) is 1. The highest BCUT2D eigenvalue weighted by Gasteiger charge is 2.28. The Kier molecular flexibility index (Phi) is 5.97. The molecule has 1 aliphatic heterocycles. The number of allylic oxidation sites excluding steroid dienone is 2. The molecule has 1 heterocycles. The van der Waals surface area contributed by atoms with E-state index in [-0.39, 0.29) is 11.6 Å². The maximum absolute atomic E-state index is 12.3. The number of amidine groups is 1. The third-order valence-corrected chi connectivity index (χ3v) is 3.41. The highest BCUT2D eigenvalue weighted by molar-refractivity contribution is 6.06. The van der Waals surface area contributed by atoms with E-state index in [1.165, 1.54) is 0 Å². The number of nitrogens with zero attached hydrogens (tertiary/aromatic N) is 2. The fraction of sp³-hybridized carbons (Fsp3) is 0.333. The molecule has 0 fully saturated rings. The molecule has 0 saturated carbocycles. The molecule has 5 heteroatoms. The van der Waals surface area contributed by atoms with Crippen LogP contribution in [0.4, 0.5) is 5.69 Å². The number of nitrogens with two attached hydrogens (primary N) is 1. The lowest BCUT2D eigenvalue weighted by atomic mass is 9.99. The third-order valence-electron chi connectivity index (χ3n) is 3.41. The van der Waals surface area contributed by atoms with E-state index in [0.717, 1.165) is 12.1 Å². The number of carbonyl (C=O) groups is 1. The van der Waals surface area contributed by atoms with Crippen molar-refractivity contribution < 1.29 is 9.53 Å². The molecule has 0 spiro atoms. The van der Waals surface area contributed by atoms with Gasteiger partial charge in [0, 0.05) is 6.42 Å². The maximum atomic E-state index is 12.3. The predicted octanol–water partition coefficient (Wildman–Crippen LogP) is 3.20. The first-order chi connectivity index (χ1) is 11.2. The van der Waals surface area contributed by atoms with E-state index in [4.69, 9.17) is 10.5 Å². The summed E-state index contributed by atoms with van der Waals surface area (Å²) in [6.45, 7) is 4.41. The zero-order valence-electron chi connectivity index (χ0n) is 13.6. The number of hydrogen-bond donors (Lipinski definition) is 1. The van der Waals surface area contributed by atoms with Crippen molar-refractivity contribution in [1.82, 2.24) is 0 Å². The van der Waals surface area contributed by atoms with Crippen molar-refractivity contribution in [2.45, 2.75) is 26.7 Å². The van der Waals surface area contributed by atoms with Gasteiger partial charge in [-0.2, -0.15) is 10.1 Å². The Hall–Kier alpha value is -2.56. The minimum Gasteiger partial charge on any atom is -0.478 e. The summed E-state index contributed by atoms with van der Waals surface area (Å²) in [6.07, 6.45) is 6.84. The molecule has 0 saturated heterocycles. The van der Waals surface area contributed by atoms with E-state index in [2.05, 4.69) is 5.10 Å². The van der Waals surface area contributed by atoms with Gasteiger partial charge in [0.2, 0.25) is 5.88 Å². The van der Waals surface area contributed by atoms with Gasteiger partial charge < -0.3 is 10.5 Å². The lowest BCUT2D eigenvalue weighted by Crippen LogP contribution is -2.37. The number of benzene rings is 1. The molecule has 1 aliphatic rings. The Morgan fingerprint density at radius 3 is 2.70 bits per heavy atom. The topological polar surface area (TPSA) is 67.9 Å². The summed E-state index contributed by atoms with van der Waals surface area (Å²) in [5.41, 5.74) is 6.87. The first-order valence-electron chi connectivity index (χ1n) is 7.88. The van der Waals surface area contributed by atoms with E-state index in [9.17, 15) is 4.79 Å². The van der Waals surface area contributed by atoms with Crippen molar-refractivity contribution in [3.63, 3.8) is 0 Å².